The zero-order valence-corrected chi connectivity index (χ0v) is 19.5. The molecule has 0 aliphatic carbocycles. The number of hydrogen-bond donors (Lipinski definition) is 3. The summed E-state index contributed by atoms with van der Waals surface area (Å²) in [4.78, 5) is 18.6. The molecule has 3 N–H and O–H groups in total. The summed E-state index contributed by atoms with van der Waals surface area (Å²) in [7, 11) is 0. The molecule has 3 rings (SSSR count). The Morgan fingerprint density at radius 3 is 2.78 bits per heavy atom. The third-order valence-electron chi connectivity index (χ3n) is 5.23. The fourth-order valence-corrected chi connectivity index (χ4v) is 3.91. The van der Waals surface area contributed by atoms with Crippen molar-refractivity contribution in [1.29, 1.82) is 0 Å². The van der Waals surface area contributed by atoms with E-state index in [2.05, 4.69) is 20.5 Å². The zero-order valence-electron chi connectivity index (χ0n) is 18.7. The highest BCUT2D eigenvalue weighted by atomic mass is 35.5. The molecule has 7 nitrogen and oxygen atoms in total. The molecule has 1 aromatic heterocycles. The lowest BCUT2D eigenvalue weighted by Gasteiger charge is -2.42. The molecule has 9 heteroatoms. The average molecular weight is 465 g/mol. The smallest absolute Gasteiger partial charge is 0.408 e. The lowest BCUT2D eigenvalue weighted by Crippen LogP contribution is -2.59. The number of ether oxygens (including phenoxy) is 1. The van der Waals surface area contributed by atoms with E-state index < -0.39 is 29.7 Å². The molecule has 1 aliphatic heterocycles. The van der Waals surface area contributed by atoms with E-state index in [4.69, 9.17) is 16.3 Å². The van der Waals surface area contributed by atoms with E-state index in [1.807, 2.05) is 13.0 Å². The first-order valence-electron chi connectivity index (χ1n) is 10.6. The van der Waals surface area contributed by atoms with Gasteiger partial charge in [0.1, 0.15) is 11.4 Å². The Balaban J connectivity index is 1.73. The van der Waals surface area contributed by atoms with Crippen molar-refractivity contribution in [1.82, 2.24) is 10.3 Å². The summed E-state index contributed by atoms with van der Waals surface area (Å²) in [6.07, 6.45) is 2.16. The normalized spacial score (nSPS) is 21.2. The van der Waals surface area contributed by atoms with Crippen LogP contribution in [0.1, 0.15) is 33.3 Å². The number of nitrogens with zero attached hydrogens (tertiary/aromatic N) is 2. The number of aliphatic hydroxyl groups excluding tert-OH is 1. The fraction of sp³-hybridized carbons (Fsp3) is 0.478. The quantitative estimate of drug-likeness (QED) is 0.615. The molecule has 0 radical (unpaired) electrons. The first kappa shape index (κ1) is 24.1. The number of aliphatic hydroxyl groups is 1. The molecule has 32 heavy (non-hydrogen) atoms. The maximum Gasteiger partial charge on any atom is 0.408 e. The highest BCUT2D eigenvalue weighted by molar-refractivity contribution is 6.30. The number of piperidine rings is 1. The zero-order chi connectivity index (χ0) is 23.5. The van der Waals surface area contributed by atoms with Crippen LogP contribution in [-0.4, -0.2) is 47.0 Å². The maximum absolute atomic E-state index is 13.4. The Hall–Kier alpha value is -2.58. The molecule has 1 saturated heterocycles. The van der Waals surface area contributed by atoms with Crippen LogP contribution in [0.25, 0.3) is 0 Å². The van der Waals surface area contributed by atoms with Crippen molar-refractivity contribution in [3.8, 4) is 0 Å². The van der Waals surface area contributed by atoms with E-state index in [0.29, 0.717) is 19.6 Å². The highest BCUT2D eigenvalue weighted by Crippen LogP contribution is 2.30. The molecule has 2 heterocycles. The van der Waals surface area contributed by atoms with Gasteiger partial charge in [-0.1, -0.05) is 24.6 Å². The number of pyridine rings is 1. The van der Waals surface area contributed by atoms with Gasteiger partial charge >= 0.3 is 6.09 Å². The van der Waals surface area contributed by atoms with Gasteiger partial charge in [-0.25, -0.2) is 9.18 Å². The number of rotatable bonds is 5. The molecule has 3 atom stereocenters. The predicted molar refractivity (Wildman–Crippen MR) is 124 cm³/mol. The molecule has 1 aromatic carbocycles. The summed E-state index contributed by atoms with van der Waals surface area (Å²) in [5, 5.41) is 16.9. The third kappa shape index (κ3) is 6.23. The van der Waals surface area contributed by atoms with Crippen LogP contribution in [0.15, 0.2) is 36.7 Å². The number of carbonyl (C=O) groups is 1. The molecule has 174 valence electrons. The van der Waals surface area contributed by atoms with Crippen LogP contribution < -0.4 is 15.5 Å². The van der Waals surface area contributed by atoms with Gasteiger partial charge in [0.25, 0.3) is 0 Å². The van der Waals surface area contributed by atoms with Crippen LogP contribution in [0.2, 0.25) is 5.02 Å². The van der Waals surface area contributed by atoms with Gasteiger partial charge in [-0.2, -0.15) is 0 Å². The molecule has 1 amide bonds. The van der Waals surface area contributed by atoms with Gasteiger partial charge in [-0.05, 0) is 44.5 Å². The minimum absolute atomic E-state index is 0.0746. The summed E-state index contributed by atoms with van der Waals surface area (Å²) in [6, 6.07) is 5.98. The van der Waals surface area contributed by atoms with E-state index in [-0.39, 0.29) is 10.9 Å². The van der Waals surface area contributed by atoms with E-state index in [1.54, 1.807) is 45.3 Å². The van der Waals surface area contributed by atoms with Crippen LogP contribution in [0.5, 0.6) is 0 Å². The van der Waals surface area contributed by atoms with E-state index >= 15 is 0 Å². The van der Waals surface area contributed by atoms with Gasteiger partial charge in [-0.15, -0.1) is 0 Å². The number of carbonyl (C=O) groups excluding carboxylic acids is 1. The summed E-state index contributed by atoms with van der Waals surface area (Å²) >= 11 is 5.88. The summed E-state index contributed by atoms with van der Waals surface area (Å²) in [5.41, 5.74) is 1.88. The topological polar surface area (TPSA) is 86.7 Å². The minimum Gasteiger partial charge on any atom is -0.444 e. The number of halogens is 2. The molecule has 0 bridgehead atoms. The Morgan fingerprint density at radius 2 is 2.09 bits per heavy atom. The first-order valence-corrected chi connectivity index (χ1v) is 11.0. The second-order valence-electron chi connectivity index (χ2n) is 9.12. The van der Waals surface area contributed by atoms with E-state index in [0.717, 1.165) is 16.9 Å². The van der Waals surface area contributed by atoms with Crippen molar-refractivity contribution in [3.05, 3.63) is 53.1 Å². The second kappa shape index (κ2) is 9.92. The van der Waals surface area contributed by atoms with Gasteiger partial charge in [0.05, 0.1) is 34.7 Å². The Kier molecular flexibility index (Phi) is 7.46. The average Bonchev–Trinajstić information content (AvgIpc) is 2.71. The number of anilines is 2. The maximum atomic E-state index is 13.4. The van der Waals surface area contributed by atoms with Gasteiger partial charge in [0, 0.05) is 31.7 Å². The van der Waals surface area contributed by atoms with E-state index in [1.165, 1.54) is 6.07 Å². The largest absolute Gasteiger partial charge is 0.444 e. The van der Waals surface area contributed by atoms with Crippen molar-refractivity contribution in [2.75, 3.05) is 23.3 Å². The highest BCUT2D eigenvalue weighted by Gasteiger charge is 2.35. The van der Waals surface area contributed by atoms with Crippen LogP contribution in [0.4, 0.5) is 20.6 Å². The Labute approximate surface area is 192 Å². The second-order valence-corrected chi connectivity index (χ2v) is 9.53. The summed E-state index contributed by atoms with van der Waals surface area (Å²) < 4.78 is 18.8. The van der Waals surface area contributed by atoms with Crippen molar-refractivity contribution in [2.24, 2.45) is 5.92 Å². The number of amides is 1. The number of alkyl carbamates (subject to hydrolysis) is 1. The number of aromatic nitrogens is 1. The fourth-order valence-electron chi connectivity index (χ4n) is 3.70. The lowest BCUT2D eigenvalue weighted by molar-refractivity contribution is 0.0303. The van der Waals surface area contributed by atoms with Crippen molar-refractivity contribution in [3.63, 3.8) is 0 Å². The number of nitrogens with one attached hydrogen (secondary N) is 2. The van der Waals surface area contributed by atoms with Crippen molar-refractivity contribution < 1.29 is 19.0 Å². The number of hydrogen-bond acceptors (Lipinski definition) is 6. The summed E-state index contributed by atoms with van der Waals surface area (Å²) in [6.45, 7) is 8.77. The number of benzene rings is 1. The monoisotopic (exact) mass is 464 g/mol. The Morgan fingerprint density at radius 1 is 1.34 bits per heavy atom. The SMILES string of the molecule is C[C@H]1CN(c2ccncc2NCc2ccc(F)c(Cl)c2)C[C@@H](NC(=O)OC(C)(C)C)[C@@H]1O. The van der Waals surface area contributed by atoms with Crippen LogP contribution >= 0.6 is 11.6 Å². The Bertz CT molecular complexity index is 953. The van der Waals surface area contributed by atoms with Crippen LogP contribution in [-0.2, 0) is 11.3 Å². The van der Waals surface area contributed by atoms with Crippen LogP contribution in [0.3, 0.4) is 0 Å². The molecular formula is C23H30ClFN4O3. The third-order valence-corrected chi connectivity index (χ3v) is 5.52. The molecule has 0 spiro atoms. The van der Waals surface area contributed by atoms with Gasteiger partial charge in [-0.3, -0.25) is 4.98 Å². The molecule has 0 unspecified atom stereocenters. The minimum atomic E-state index is -0.696. The van der Waals surface area contributed by atoms with Crippen molar-refractivity contribution >= 4 is 29.1 Å². The van der Waals surface area contributed by atoms with Gasteiger partial charge in [0.15, 0.2) is 0 Å². The molecule has 1 fully saturated rings. The van der Waals surface area contributed by atoms with Gasteiger partial charge < -0.3 is 25.4 Å². The first-order chi connectivity index (χ1) is 15.0. The lowest BCUT2D eigenvalue weighted by atomic mass is 9.92. The van der Waals surface area contributed by atoms with Crippen molar-refractivity contribution in [2.45, 2.75) is 52.0 Å². The predicted octanol–water partition coefficient (Wildman–Crippen LogP) is 4.20. The molecular weight excluding hydrogens is 435 g/mol. The molecule has 1 aliphatic rings. The molecule has 0 saturated carbocycles. The standard InChI is InChI=1S/C23H30ClFN4O3/c1-14-12-29(13-19(21(14)30)28-22(31)32-23(2,3)4)20-7-8-26-11-18(20)27-10-15-5-6-17(25)16(24)9-15/h5-9,11,14,19,21,27,30H,10,12-13H2,1-4H3,(H,28,31)/t14-,19+,21+/m0/s1. The summed E-state index contributed by atoms with van der Waals surface area (Å²) in [5.74, 6) is -0.539. The molecule has 2 aromatic rings. The van der Waals surface area contributed by atoms with Gasteiger partial charge in [0.2, 0.25) is 0 Å². The van der Waals surface area contributed by atoms with Crippen LogP contribution in [0, 0.1) is 11.7 Å². The van der Waals surface area contributed by atoms with E-state index in [9.17, 15) is 14.3 Å².